The van der Waals surface area contributed by atoms with Crippen LogP contribution in [0, 0.1) is 5.82 Å². The van der Waals surface area contributed by atoms with E-state index in [1.165, 1.54) is 18.3 Å². The standard InChI is InChI=1S/C23H19FN2O4S/c1-30-18-10-8-17(9-11-18)25-23(27)15-26-14-22(20-4-2-3-5-21(20)26)31(28,29)19-12-6-16(24)7-13-19/h2-14H,15H2,1H3,(H,25,27). The number of halogens is 1. The van der Waals surface area contributed by atoms with Crippen molar-refractivity contribution in [1.29, 1.82) is 0 Å². The minimum Gasteiger partial charge on any atom is -0.497 e. The Morgan fingerprint density at radius 2 is 1.68 bits per heavy atom. The molecule has 0 unspecified atom stereocenters. The summed E-state index contributed by atoms with van der Waals surface area (Å²) in [4.78, 5) is 12.6. The van der Waals surface area contributed by atoms with Crippen LogP contribution >= 0.6 is 0 Å². The van der Waals surface area contributed by atoms with Crippen LogP contribution in [0.5, 0.6) is 5.75 Å². The Kier molecular flexibility index (Phi) is 5.48. The van der Waals surface area contributed by atoms with Gasteiger partial charge in [0.1, 0.15) is 18.1 Å². The van der Waals surface area contributed by atoms with Crippen molar-refractivity contribution in [2.45, 2.75) is 16.3 Å². The molecule has 0 fully saturated rings. The lowest BCUT2D eigenvalue weighted by molar-refractivity contribution is -0.116. The van der Waals surface area contributed by atoms with Gasteiger partial charge in [-0.05, 0) is 54.6 Å². The molecule has 1 heterocycles. The molecule has 0 bridgehead atoms. The lowest BCUT2D eigenvalue weighted by Crippen LogP contribution is -2.18. The van der Waals surface area contributed by atoms with Gasteiger partial charge < -0.3 is 14.6 Å². The SMILES string of the molecule is COc1ccc(NC(=O)Cn2cc(S(=O)(=O)c3ccc(F)cc3)c3ccccc32)cc1. The number of rotatable bonds is 6. The lowest BCUT2D eigenvalue weighted by atomic mass is 10.2. The summed E-state index contributed by atoms with van der Waals surface area (Å²) in [5, 5.41) is 3.28. The molecule has 0 aliphatic carbocycles. The molecule has 4 aromatic rings. The molecule has 1 N–H and O–H groups in total. The summed E-state index contributed by atoms with van der Waals surface area (Å²) in [6.07, 6.45) is 1.44. The van der Waals surface area contributed by atoms with E-state index in [0.29, 0.717) is 22.3 Å². The van der Waals surface area contributed by atoms with E-state index < -0.39 is 15.7 Å². The Morgan fingerprint density at radius 1 is 1.00 bits per heavy atom. The van der Waals surface area contributed by atoms with Gasteiger partial charge in [-0.25, -0.2) is 12.8 Å². The molecule has 0 atom stereocenters. The molecule has 0 aliphatic heterocycles. The molecule has 0 saturated carbocycles. The average molecular weight is 438 g/mol. The summed E-state index contributed by atoms with van der Waals surface area (Å²) in [6.45, 7) is -0.0779. The van der Waals surface area contributed by atoms with Crippen molar-refractivity contribution in [3.05, 3.63) is 84.8 Å². The second-order valence-corrected chi connectivity index (χ2v) is 8.79. The summed E-state index contributed by atoms with van der Waals surface area (Å²) >= 11 is 0. The van der Waals surface area contributed by atoms with Crippen molar-refractivity contribution < 1.29 is 22.3 Å². The highest BCUT2D eigenvalue weighted by molar-refractivity contribution is 7.91. The van der Waals surface area contributed by atoms with Crippen LogP contribution in [0.25, 0.3) is 10.9 Å². The number of nitrogens with one attached hydrogen (secondary N) is 1. The fourth-order valence-electron chi connectivity index (χ4n) is 3.33. The molecule has 8 heteroatoms. The van der Waals surface area contributed by atoms with Crippen LogP contribution in [0.2, 0.25) is 0 Å². The third-order valence-electron chi connectivity index (χ3n) is 4.85. The van der Waals surface area contributed by atoms with Crippen molar-refractivity contribution in [1.82, 2.24) is 4.57 Å². The van der Waals surface area contributed by atoms with E-state index in [2.05, 4.69) is 5.32 Å². The predicted octanol–water partition coefficient (Wildman–Crippen LogP) is 4.26. The first-order chi connectivity index (χ1) is 14.9. The zero-order valence-electron chi connectivity index (χ0n) is 16.6. The molecule has 3 aromatic carbocycles. The van der Waals surface area contributed by atoms with E-state index in [4.69, 9.17) is 4.74 Å². The molecule has 0 aliphatic rings. The monoisotopic (exact) mass is 438 g/mol. The number of methoxy groups -OCH3 is 1. The summed E-state index contributed by atoms with van der Waals surface area (Å²) in [6, 6.07) is 18.5. The summed E-state index contributed by atoms with van der Waals surface area (Å²) in [7, 11) is -2.34. The molecular weight excluding hydrogens is 419 g/mol. The highest BCUT2D eigenvalue weighted by Crippen LogP contribution is 2.30. The van der Waals surface area contributed by atoms with Gasteiger partial charge in [-0.2, -0.15) is 0 Å². The lowest BCUT2D eigenvalue weighted by Gasteiger charge is -2.08. The van der Waals surface area contributed by atoms with Crippen LogP contribution in [-0.2, 0) is 21.2 Å². The molecular formula is C23H19FN2O4S. The second-order valence-electron chi connectivity index (χ2n) is 6.87. The maximum atomic E-state index is 13.2. The predicted molar refractivity (Wildman–Crippen MR) is 115 cm³/mol. The number of para-hydroxylation sites is 1. The first-order valence-electron chi connectivity index (χ1n) is 9.41. The summed E-state index contributed by atoms with van der Waals surface area (Å²) in [5.74, 6) is -0.154. The Labute approximate surface area is 178 Å². The van der Waals surface area contributed by atoms with Gasteiger partial charge in [0.05, 0.1) is 16.9 Å². The van der Waals surface area contributed by atoms with Crippen molar-refractivity contribution >= 4 is 32.3 Å². The van der Waals surface area contributed by atoms with E-state index >= 15 is 0 Å². The molecule has 4 rings (SSSR count). The first-order valence-corrected chi connectivity index (χ1v) is 10.9. The smallest absolute Gasteiger partial charge is 0.244 e. The number of ether oxygens (including phenoxy) is 1. The number of carbonyl (C=O) groups is 1. The number of benzene rings is 3. The van der Waals surface area contributed by atoms with Gasteiger partial charge in [-0.15, -0.1) is 0 Å². The quantitative estimate of drug-likeness (QED) is 0.457. The fraction of sp³-hybridized carbons (Fsp3) is 0.0870. The van der Waals surface area contributed by atoms with Crippen molar-refractivity contribution in [3.63, 3.8) is 0 Å². The van der Waals surface area contributed by atoms with Crippen molar-refractivity contribution in [2.24, 2.45) is 0 Å². The number of fused-ring (bicyclic) bond motifs is 1. The number of amides is 1. The number of sulfone groups is 1. The largest absolute Gasteiger partial charge is 0.497 e. The van der Waals surface area contributed by atoms with E-state index in [9.17, 15) is 17.6 Å². The van der Waals surface area contributed by atoms with Gasteiger partial charge >= 0.3 is 0 Å². The molecule has 0 saturated heterocycles. The van der Waals surface area contributed by atoms with Crippen molar-refractivity contribution in [3.8, 4) is 5.75 Å². The Hall–Kier alpha value is -3.65. The summed E-state index contributed by atoms with van der Waals surface area (Å²) in [5.41, 5.74) is 1.20. The summed E-state index contributed by atoms with van der Waals surface area (Å²) < 4.78 is 46.3. The van der Waals surface area contributed by atoms with E-state index in [1.807, 2.05) is 0 Å². The third kappa shape index (κ3) is 4.15. The van der Waals surface area contributed by atoms with E-state index in [1.54, 1.807) is 60.2 Å². The molecule has 1 aromatic heterocycles. The second kappa shape index (κ2) is 8.23. The topological polar surface area (TPSA) is 77.4 Å². The number of hydrogen-bond donors (Lipinski definition) is 1. The number of hydrogen-bond acceptors (Lipinski definition) is 4. The van der Waals surface area contributed by atoms with Gasteiger partial charge in [0.25, 0.3) is 0 Å². The maximum absolute atomic E-state index is 13.2. The molecule has 0 radical (unpaired) electrons. The number of carbonyl (C=O) groups excluding carboxylic acids is 1. The van der Waals surface area contributed by atoms with Crippen LogP contribution in [0.1, 0.15) is 0 Å². The molecule has 158 valence electrons. The maximum Gasteiger partial charge on any atom is 0.244 e. The van der Waals surface area contributed by atoms with Crippen molar-refractivity contribution in [2.75, 3.05) is 12.4 Å². The zero-order chi connectivity index (χ0) is 22.0. The highest BCUT2D eigenvalue weighted by atomic mass is 32.2. The van der Waals surface area contributed by atoms with Gasteiger partial charge in [-0.3, -0.25) is 4.79 Å². The molecule has 1 amide bonds. The minimum atomic E-state index is -3.90. The van der Waals surface area contributed by atoms with Gasteiger partial charge in [0.15, 0.2) is 0 Å². The molecule has 0 spiro atoms. The number of anilines is 1. The van der Waals surface area contributed by atoms with E-state index in [0.717, 1.165) is 12.1 Å². The van der Waals surface area contributed by atoms with Crippen LogP contribution in [0.3, 0.4) is 0 Å². The average Bonchev–Trinajstić information content (AvgIpc) is 3.14. The molecule has 31 heavy (non-hydrogen) atoms. The highest BCUT2D eigenvalue weighted by Gasteiger charge is 2.24. The fourth-order valence-corrected chi connectivity index (χ4v) is 4.80. The molecule has 6 nitrogen and oxygen atoms in total. The van der Waals surface area contributed by atoms with Gasteiger partial charge in [-0.1, -0.05) is 18.2 Å². The third-order valence-corrected chi connectivity index (χ3v) is 6.65. The van der Waals surface area contributed by atoms with E-state index in [-0.39, 0.29) is 22.2 Å². The van der Waals surface area contributed by atoms with Gasteiger partial charge in [0, 0.05) is 22.8 Å². The number of nitrogens with zero attached hydrogens (tertiary/aromatic N) is 1. The van der Waals surface area contributed by atoms with Crippen LogP contribution in [-0.4, -0.2) is 26.0 Å². The number of aromatic nitrogens is 1. The normalized spacial score (nSPS) is 11.4. The Bertz CT molecular complexity index is 1340. The van der Waals surface area contributed by atoms with Crippen LogP contribution in [0.15, 0.2) is 88.8 Å². The Balaban J connectivity index is 1.66. The van der Waals surface area contributed by atoms with Crippen LogP contribution < -0.4 is 10.1 Å². The van der Waals surface area contributed by atoms with Crippen LogP contribution in [0.4, 0.5) is 10.1 Å². The Morgan fingerprint density at radius 3 is 2.35 bits per heavy atom. The zero-order valence-corrected chi connectivity index (χ0v) is 17.4. The minimum absolute atomic E-state index is 0.0144. The van der Waals surface area contributed by atoms with Gasteiger partial charge in [0.2, 0.25) is 15.7 Å². The first kappa shape index (κ1) is 20.6.